The van der Waals surface area contributed by atoms with Gasteiger partial charge in [0.05, 0.1) is 7.11 Å². The number of methoxy groups -OCH3 is 1. The number of carbonyl (C=O) groups excluding carboxylic acids is 1. The summed E-state index contributed by atoms with van der Waals surface area (Å²) in [5.41, 5.74) is 7.13. The van der Waals surface area contributed by atoms with Gasteiger partial charge in [-0.25, -0.2) is 0 Å². The molecule has 0 aliphatic carbocycles. The smallest absolute Gasteiger partial charge is 0.167 e. The van der Waals surface area contributed by atoms with E-state index in [1.165, 1.54) is 0 Å². The molecular weight excluding hydrogens is 190 g/mol. The number of aryl methyl sites for hydroxylation is 1. The number of nitrogens with two attached hydrogens (primary N) is 1. The maximum absolute atomic E-state index is 11.9. The first-order valence-corrected chi connectivity index (χ1v) is 4.99. The largest absolute Gasteiger partial charge is 0.497 e. The fraction of sp³-hybridized carbons (Fsp3) is 0.417. The summed E-state index contributed by atoms with van der Waals surface area (Å²) in [5, 5.41) is 0. The summed E-state index contributed by atoms with van der Waals surface area (Å²) in [6.07, 6.45) is 0. The fourth-order valence-corrected chi connectivity index (χ4v) is 1.41. The van der Waals surface area contributed by atoms with Crippen molar-refractivity contribution in [1.82, 2.24) is 0 Å². The predicted octanol–water partition coefficient (Wildman–Crippen LogP) is 1.78. The summed E-state index contributed by atoms with van der Waals surface area (Å²) in [4.78, 5) is 11.9. The zero-order valence-corrected chi connectivity index (χ0v) is 9.41. The fourth-order valence-electron chi connectivity index (χ4n) is 1.41. The molecule has 1 unspecified atom stereocenters. The number of hydrogen-bond donors (Lipinski definition) is 1. The van der Waals surface area contributed by atoms with E-state index in [0.717, 1.165) is 16.9 Å². The molecular formula is C12H17NO2. The minimum Gasteiger partial charge on any atom is -0.497 e. The summed E-state index contributed by atoms with van der Waals surface area (Å²) < 4.78 is 5.08. The lowest BCUT2D eigenvalue weighted by molar-refractivity contribution is 0.0933. The van der Waals surface area contributed by atoms with Gasteiger partial charge in [0.25, 0.3) is 0 Å². The first-order chi connectivity index (χ1) is 7.10. The Morgan fingerprint density at radius 3 is 2.67 bits per heavy atom. The first-order valence-electron chi connectivity index (χ1n) is 4.99. The van der Waals surface area contributed by atoms with E-state index >= 15 is 0 Å². The summed E-state index contributed by atoms with van der Waals surface area (Å²) in [6.45, 7) is 4.12. The van der Waals surface area contributed by atoms with Gasteiger partial charge >= 0.3 is 0 Å². The average Bonchev–Trinajstić information content (AvgIpc) is 2.26. The second kappa shape index (κ2) is 4.94. The van der Waals surface area contributed by atoms with Crippen molar-refractivity contribution in [2.24, 2.45) is 11.7 Å². The number of carbonyl (C=O) groups is 1. The van der Waals surface area contributed by atoms with E-state index in [2.05, 4.69) is 0 Å². The average molecular weight is 207 g/mol. The topological polar surface area (TPSA) is 52.3 Å². The lowest BCUT2D eigenvalue weighted by Crippen LogP contribution is -2.21. The van der Waals surface area contributed by atoms with Crippen molar-refractivity contribution in [1.29, 1.82) is 0 Å². The second-order valence-electron chi connectivity index (χ2n) is 3.68. The summed E-state index contributed by atoms with van der Waals surface area (Å²) >= 11 is 0. The van der Waals surface area contributed by atoms with Crippen molar-refractivity contribution in [3.05, 3.63) is 29.3 Å². The van der Waals surface area contributed by atoms with Crippen LogP contribution in [0.15, 0.2) is 18.2 Å². The van der Waals surface area contributed by atoms with E-state index in [-0.39, 0.29) is 11.7 Å². The van der Waals surface area contributed by atoms with E-state index in [1.54, 1.807) is 19.2 Å². The second-order valence-corrected chi connectivity index (χ2v) is 3.68. The molecule has 0 radical (unpaired) electrons. The molecule has 0 aliphatic heterocycles. The molecule has 3 heteroatoms. The van der Waals surface area contributed by atoms with Crippen LogP contribution in [0, 0.1) is 12.8 Å². The van der Waals surface area contributed by atoms with E-state index in [9.17, 15) is 4.79 Å². The molecule has 1 aromatic carbocycles. The van der Waals surface area contributed by atoms with Crippen LogP contribution >= 0.6 is 0 Å². The van der Waals surface area contributed by atoms with Crippen molar-refractivity contribution >= 4 is 5.78 Å². The monoisotopic (exact) mass is 207 g/mol. The predicted molar refractivity (Wildman–Crippen MR) is 60.3 cm³/mol. The minimum atomic E-state index is -0.128. The maximum atomic E-state index is 11.9. The molecule has 0 fully saturated rings. The Bertz CT molecular complexity index is 361. The molecule has 1 rings (SSSR count). The molecule has 0 heterocycles. The highest BCUT2D eigenvalue weighted by Crippen LogP contribution is 2.19. The van der Waals surface area contributed by atoms with Gasteiger partial charge in [0, 0.05) is 18.0 Å². The lowest BCUT2D eigenvalue weighted by Gasteiger charge is -2.10. The Hall–Kier alpha value is -1.35. The van der Waals surface area contributed by atoms with Gasteiger partial charge < -0.3 is 10.5 Å². The lowest BCUT2D eigenvalue weighted by atomic mass is 9.96. The molecule has 0 spiro atoms. The van der Waals surface area contributed by atoms with E-state index in [0.29, 0.717) is 6.54 Å². The Morgan fingerprint density at radius 1 is 1.53 bits per heavy atom. The summed E-state index contributed by atoms with van der Waals surface area (Å²) in [6, 6.07) is 5.45. The number of benzene rings is 1. The maximum Gasteiger partial charge on any atom is 0.167 e. The Kier molecular flexibility index (Phi) is 3.86. The van der Waals surface area contributed by atoms with E-state index in [4.69, 9.17) is 10.5 Å². The van der Waals surface area contributed by atoms with Crippen LogP contribution in [0.1, 0.15) is 22.8 Å². The van der Waals surface area contributed by atoms with Crippen LogP contribution in [0.25, 0.3) is 0 Å². The molecule has 0 aromatic heterocycles. The number of ether oxygens (including phenoxy) is 1. The van der Waals surface area contributed by atoms with Crippen LogP contribution < -0.4 is 10.5 Å². The molecule has 1 aromatic rings. The van der Waals surface area contributed by atoms with Gasteiger partial charge in [0.15, 0.2) is 5.78 Å². The first kappa shape index (κ1) is 11.7. The van der Waals surface area contributed by atoms with Crippen molar-refractivity contribution in [2.75, 3.05) is 13.7 Å². The standard InChI is InChI=1S/C12H17NO2/c1-8-6-10(15-3)4-5-11(8)12(14)9(2)7-13/h4-6,9H,7,13H2,1-3H3. The van der Waals surface area contributed by atoms with Crippen LogP contribution in [0.5, 0.6) is 5.75 Å². The highest BCUT2D eigenvalue weighted by atomic mass is 16.5. The normalized spacial score (nSPS) is 12.3. The van der Waals surface area contributed by atoms with Gasteiger partial charge in [-0.3, -0.25) is 4.79 Å². The Balaban J connectivity index is 3.00. The number of rotatable bonds is 4. The molecule has 0 saturated heterocycles. The summed E-state index contributed by atoms with van der Waals surface area (Å²) in [5.74, 6) is 0.735. The van der Waals surface area contributed by atoms with Gasteiger partial charge in [0.1, 0.15) is 5.75 Å². The molecule has 15 heavy (non-hydrogen) atoms. The number of ketones is 1. The van der Waals surface area contributed by atoms with Crippen LogP contribution in [-0.4, -0.2) is 19.4 Å². The third kappa shape index (κ3) is 2.57. The molecule has 2 N–H and O–H groups in total. The van der Waals surface area contributed by atoms with Crippen molar-refractivity contribution in [3.63, 3.8) is 0 Å². The molecule has 0 amide bonds. The number of Topliss-reactive ketones (excluding diaryl/α,β-unsaturated/α-hetero) is 1. The molecule has 3 nitrogen and oxygen atoms in total. The van der Waals surface area contributed by atoms with Gasteiger partial charge in [-0.1, -0.05) is 6.92 Å². The Morgan fingerprint density at radius 2 is 2.20 bits per heavy atom. The molecule has 0 aliphatic rings. The van der Waals surface area contributed by atoms with Crippen molar-refractivity contribution in [2.45, 2.75) is 13.8 Å². The van der Waals surface area contributed by atoms with Crippen molar-refractivity contribution < 1.29 is 9.53 Å². The molecule has 1 atom stereocenters. The van der Waals surface area contributed by atoms with Crippen molar-refractivity contribution in [3.8, 4) is 5.75 Å². The zero-order chi connectivity index (χ0) is 11.4. The SMILES string of the molecule is COc1ccc(C(=O)C(C)CN)c(C)c1. The van der Waals surface area contributed by atoms with E-state index < -0.39 is 0 Å². The molecule has 82 valence electrons. The van der Waals surface area contributed by atoms with Crippen LogP contribution in [-0.2, 0) is 0 Å². The van der Waals surface area contributed by atoms with Crippen LogP contribution in [0.4, 0.5) is 0 Å². The number of hydrogen-bond acceptors (Lipinski definition) is 3. The van der Waals surface area contributed by atoms with Gasteiger partial charge in [-0.05, 0) is 30.7 Å². The third-order valence-corrected chi connectivity index (χ3v) is 2.50. The third-order valence-electron chi connectivity index (χ3n) is 2.50. The quantitative estimate of drug-likeness (QED) is 0.766. The van der Waals surface area contributed by atoms with Gasteiger partial charge in [0.2, 0.25) is 0 Å². The van der Waals surface area contributed by atoms with Gasteiger partial charge in [-0.2, -0.15) is 0 Å². The summed E-state index contributed by atoms with van der Waals surface area (Å²) in [7, 11) is 1.61. The van der Waals surface area contributed by atoms with Crippen LogP contribution in [0.2, 0.25) is 0 Å². The zero-order valence-electron chi connectivity index (χ0n) is 9.41. The molecule has 0 saturated carbocycles. The minimum absolute atomic E-state index is 0.0950. The van der Waals surface area contributed by atoms with Crippen LogP contribution in [0.3, 0.4) is 0 Å². The highest BCUT2D eigenvalue weighted by Gasteiger charge is 2.15. The molecule has 0 bridgehead atoms. The van der Waals surface area contributed by atoms with E-state index in [1.807, 2.05) is 19.9 Å². The van der Waals surface area contributed by atoms with Gasteiger partial charge in [-0.15, -0.1) is 0 Å². The highest BCUT2D eigenvalue weighted by molar-refractivity contribution is 5.99. The Labute approximate surface area is 90.2 Å².